The van der Waals surface area contributed by atoms with Crippen LogP contribution in [0.1, 0.15) is 19.4 Å². The van der Waals surface area contributed by atoms with Crippen LogP contribution in [0.25, 0.3) is 5.65 Å². The Labute approximate surface area is 107 Å². The summed E-state index contributed by atoms with van der Waals surface area (Å²) >= 11 is 0. The van der Waals surface area contributed by atoms with E-state index in [1.54, 1.807) is 6.33 Å². The zero-order valence-corrected chi connectivity index (χ0v) is 11.1. The predicted octanol–water partition coefficient (Wildman–Crippen LogP) is 1.22. The van der Waals surface area contributed by atoms with Gasteiger partial charge in [0, 0.05) is 25.2 Å². The maximum absolute atomic E-state index is 4.33. The number of fused-ring (bicyclic) bond motifs is 1. The highest BCUT2D eigenvalue weighted by Gasteiger charge is 2.23. The molecule has 1 aliphatic heterocycles. The molecule has 1 aliphatic rings. The molecule has 3 heterocycles. The normalized spacial score (nSPS) is 24.7. The molecule has 2 aromatic heterocycles. The average Bonchev–Trinajstić information content (AvgIpc) is 2.74. The first-order valence-electron chi connectivity index (χ1n) is 6.45. The van der Waals surface area contributed by atoms with Gasteiger partial charge >= 0.3 is 0 Å². The molecule has 0 bridgehead atoms. The van der Waals surface area contributed by atoms with Gasteiger partial charge in [-0.2, -0.15) is 9.61 Å². The van der Waals surface area contributed by atoms with Crippen molar-refractivity contribution < 1.29 is 0 Å². The molecule has 0 amide bonds. The molecule has 2 atom stereocenters. The van der Waals surface area contributed by atoms with E-state index in [-0.39, 0.29) is 0 Å². The number of nitrogens with zero attached hydrogens (tertiary/aromatic N) is 4. The van der Waals surface area contributed by atoms with Crippen LogP contribution in [0.4, 0.5) is 5.82 Å². The Balaban J connectivity index is 2.05. The van der Waals surface area contributed by atoms with Crippen LogP contribution in [0.15, 0.2) is 18.5 Å². The van der Waals surface area contributed by atoms with Gasteiger partial charge in [-0.3, -0.25) is 0 Å². The number of hydrogen-bond acceptors (Lipinski definition) is 4. The molecule has 1 N–H and O–H groups in total. The first-order valence-corrected chi connectivity index (χ1v) is 6.45. The van der Waals surface area contributed by atoms with Crippen molar-refractivity contribution in [3.8, 4) is 0 Å². The standard InChI is InChI=1S/C13H19N5/c1-9-4-12-14-8-15-18(12)13(5-9)17-6-10(2)16-11(3)7-17/h4-5,8,10-11,16H,6-7H2,1-3H3. The molecular formula is C13H19N5. The van der Waals surface area contributed by atoms with Crippen LogP contribution in [0.5, 0.6) is 0 Å². The number of pyridine rings is 1. The minimum absolute atomic E-state index is 0.493. The fourth-order valence-corrected chi connectivity index (χ4v) is 2.77. The van der Waals surface area contributed by atoms with Gasteiger partial charge in [-0.25, -0.2) is 4.98 Å². The lowest BCUT2D eigenvalue weighted by Crippen LogP contribution is -2.54. The molecule has 0 aromatic carbocycles. The van der Waals surface area contributed by atoms with Crippen molar-refractivity contribution in [2.45, 2.75) is 32.9 Å². The Bertz CT molecular complexity index is 552. The Morgan fingerprint density at radius 3 is 2.67 bits per heavy atom. The predicted molar refractivity (Wildman–Crippen MR) is 72.0 cm³/mol. The lowest BCUT2D eigenvalue weighted by molar-refractivity contribution is 0.404. The van der Waals surface area contributed by atoms with Crippen molar-refractivity contribution in [3.05, 3.63) is 24.0 Å². The molecule has 0 spiro atoms. The molecule has 1 fully saturated rings. The summed E-state index contributed by atoms with van der Waals surface area (Å²) in [6.07, 6.45) is 1.62. The van der Waals surface area contributed by atoms with Crippen LogP contribution >= 0.6 is 0 Å². The number of aromatic nitrogens is 3. The van der Waals surface area contributed by atoms with Crippen molar-refractivity contribution in [2.75, 3.05) is 18.0 Å². The molecule has 3 rings (SSSR count). The highest BCUT2D eigenvalue weighted by atomic mass is 15.4. The van der Waals surface area contributed by atoms with Gasteiger partial charge in [-0.1, -0.05) is 0 Å². The molecule has 5 heteroatoms. The van der Waals surface area contributed by atoms with Crippen molar-refractivity contribution in [1.82, 2.24) is 19.9 Å². The summed E-state index contributed by atoms with van der Waals surface area (Å²) in [7, 11) is 0. The first kappa shape index (κ1) is 11.5. The largest absolute Gasteiger partial charge is 0.353 e. The summed E-state index contributed by atoms with van der Waals surface area (Å²) in [5, 5.41) is 7.88. The zero-order chi connectivity index (χ0) is 12.7. The van der Waals surface area contributed by atoms with Crippen molar-refractivity contribution in [1.29, 1.82) is 0 Å². The number of rotatable bonds is 1. The number of aryl methyl sites for hydroxylation is 1. The highest BCUT2D eigenvalue weighted by Crippen LogP contribution is 2.20. The minimum Gasteiger partial charge on any atom is -0.353 e. The summed E-state index contributed by atoms with van der Waals surface area (Å²) in [6.45, 7) is 8.55. The molecular weight excluding hydrogens is 226 g/mol. The summed E-state index contributed by atoms with van der Waals surface area (Å²) in [5.41, 5.74) is 2.15. The Morgan fingerprint density at radius 2 is 1.94 bits per heavy atom. The molecule has 96 valence electrons. The minimum atomic E-state index is 0.493. The number of piperazine rings is 1. The Hall–Kier alpha value is -1.62. The summed E-state index contributed by atoms with van der Waals surface area (Å²) in [5.74, 6) is 1.14. The third-order valence-electron chi connectivity index (χ3n) is 3.39. The van der Waals surface area contributed by atoms with E-state index in [0.717, 1.165) is 24.6 Å². The van der Waals surface area contributed by atoms with Crippen LogP contribution in [0.2, 0.25) is 0 Å². The quantitative estimate of drug-likeness (QED) is 0.820. The van der Waals surface area contributed by atoms with Gasteiger partial charge in [0.15, 0.2) is 5.65 Å². The van der Waals surface area contributed by atoms with E-state index in [2.05, 4.69) is 53.2 Å². The van der Waals surface area contributed by atoms with Crippen LogP contribution < -0.4 is 10.2 Å². The highest BCUT2D eigenvalue weighted by molar-refractivity contribution is 5.53. The van der Waals surface area contributed by atoms with Gasteiger partial charge in [-0.05, 0) is 38.5 Å². The molecule has 2 aromatic rings. The third-order valence-corrected chi connectivity index (χ3v) is 3.39. The van der Waals surface area contributed by atoms with E-state index in [9.17, 15) is 0 Å². The maximum atomic E-state index is 4.33. The molecule has 0 aliphatic carbocycles. The number of hydrogen-bond donors (Lipinski definition) is 1. The average molecular weight is 245 g/mol. The number of nitrogens with one attached hydrogen (secondary N) is 1. The number of anilines is 1. The lowest BCUT2D eigenvalue weighted by atomic mass is 10.1. The first-order chi connectivity index (χ1) is 8.63. The van der Waals surface area contributed by atoms with Crippen molar-refractivity contribution >= 4 is 11.5 Å². The third kappa shape index (κ3) is 1.95. The second kappa shape index (κ2) is 4.24. The van der Waals surface area contributed by atoms with E-state index in [1.165, 1.54) is 5.56 Å². The lowest BCUT2D eigenvalue weighted by Gasteiger charge is -2.37. The van der Waals surface area contributed by atoms with Gasteiger partial charge in [0.2, 0.25) is 0 Å². The fourth-order valence-electron chi connectivity index (χ4n) is 2.77. The van der Waals surface area contributed by atoms with E-state index in [0.29, 0.717) is 12.1 Å². The summed E-state index contributed by atoms with van der Waals surface area (Å²) in [6, 6.07) is 5.23. The van der Waals surface area contributed by atoms with Crippen LogP contribution in [0.3, 0.4) is 0 Å². The Morgan fingerprint density at radius 1 is 1.22 bits per heavy atom. The maximum Gasteiger partial charge on any atom is 0.157 e. The molecule has 0 saturated carbocycles. The van der Waals surface area contributed by atoms with Crippen molar-refractivity contribution in [3.63, 3.8) is 0 Å². The van der Waals surface area contributed by atoms with Crippen LogP contribution in [-0.2, 0) is 0 Å². The van der Waals surface area contributed by atoms with Gasteiger partial charge in [-0.15, -0.1) is 0 Å². The Kier molecular flexibility index (Phi) is 2.70. The van der Waals surface area contributed by atoms with E-state index in [1.807, 2.05) is 4.52 Å². The van der Waals surface area contributed by atoms with Crippen LogP contribution in [-0.4, -0.2) is 39.8 Å². The molecule has 5 nitrogen and oxygen atoms in total. The van der Waals surface area contributed by atoms with Crippen molar-refractivity contribution in [2.24, 2.45) is 0 Å². The second-order valence-electron chi connectivity index (χ2n) is 5.29. The fraction of sp³-hybridized carbons (Fsp3) is 0.538. The summed E-state index contributed by atoms with van der Waals surface area (Å²) < 4.78 is 1.93. The van der Waals surface area contributed by atoms with Gasteiger partial charge < -0.3 is 10.2 Å². The molecule has 1 saturated heterocycles. The SMILES string of the molecule is Cc1cc(N2CC(C)NC(C)C2)n2ncnc2c1. The van der Waals surface area contributed by atoms with Gasteiger partial charge in [0.05, 0.1) is 0 Å². The summed E-state index contributed by atoms with van der Waals surface area (Å²) in [4.78, 5) is 6.67. The molecule has 0 radical (unpaired) electrons. The molecule has 18 heavy (non-hydrogen) atoms. The topological polar surface area (TPSA) is 45.5 Å². The molecule has 2 unspecified atom stereocenters. The van der Waals surface area contributed by atoms with Crippen LogP contribution in [0, 0.1) is 6.92 Å². The smallest absolute Gasteiger partial charge is 0.157 e. The van der Waals surface area contributed by atoms with E-state index >= 15 is 0 Å². The zero-order valence-electron chi connectivity index (χ0n) is 11.1. The van der Waals surface area contributed by atoms with E-state index < -0.39 is 0 Å². The van der Waals surface area contributed by atoms with Gasteiger partial charge in [0.25, 0.3) is 0 Å². The van der Waals surface area contributed by atoms with Gasteiger partial charge in [0.1, 0.15) is 12.1 Å². The monoisotopic (exact) mass is 245 g/mol. The second-order valence-corrected chi connectivity index (χ2v) is 5.29. The van der Waals surface area contributed by atoms with E-state index in [4.69, 9.17) is 0 Å².